The number of ether oxygens (including phenoxy) is 8. The minimum absolute atomic E-state index is 0.00827. The summed E-state index contributed by atoms with van der Waals surface area (Å²) in [5, 5.41) is 151. The molecule has 22 N–H and O–H groups in total. The monoisotopic (exact) mass is 1400 g/mol. The number of rotatable bonds is 45. The molecule has 21 atom stereocenters. The van der Waals surface area contributed by atoms with Crippen molar-refractivity contribution in [2.24, 2.45) is 5.73 Å². The van der Waals surface area contributed by atoms with Crippen molar-refractivity contribution < 1.29 is 138 Å². The summed E-state index contributed by atoms with van der Waals surface area (Å²) in [5.41, 5.74) is 5.59. The molecule has 0 aromatic heterocycles. The normalized spacial score (nSPS) is 30.9. The molecule has 562 valence electrons. The van der Waals surface area contributed by atoms with Crippen molar-refractivity contribution in [3.8, 4) is 0 Å². The molecule has 0 unspecified atom stereocenters. The molecule has 4 rings (SSSR count). The molecular weight excluding hydrogens is 1300 g/mol. The van der Waals surface area contributed by atoms with Crippen molar-refractivity contribution in [3.63, 3.8) is 0 Å². The van der Waals surface area contributed by atoms with Crippen molar-refractivity contribution >= 4 is 41.4 Å². The van der Waals surface area contributed by atoms with Crippen LogP contribution in [0.3, 0.4) is 0 Å². The van der Waals surface area contributed by atoms with Gasteiger partial charge in [0.2, 0.25) is 41.4 Å². The van der Waals surface area contributed by atoms with E-state index in [1.165, 1.54) is 30.6 Å². The molecule has 0 radical (unpaired) electrons. The van der Waals surface area contributed by atoms with Crippen LogP contribution in [-0.4, -0.2) is 365 Å². The Hall–Kier alpha value is -4.67. The fraction of sp³-hybridized carbons (Fsp3) is 0.881. The molecule has 7 amide bonds. The van der Waals surface area contributed by atoms with Gasteiger partial charge >= 0.3 is 0 Å². The van der Waals surface area contributed by atoms with Gasteiger partial charge < -0.3 is 147 Å². The number of hydrogen-bond donors (Lipinski definition) is 21. The molecule has 0 aromatic carbocycles. The number of amides is 7. The Labute approximate surface area is 562 Å². The molecule has 0 aromatic rings. The van der Waals surface area contributed by atoms with E-state index in [2.05, 4.69) is 37.2 Å². The molecule has 97 heavy (non-hydrogen) atoms. The van der Waals surface area contributed by atoms with Crippen LogP contribution in [0, 0.1) is 0 Å². The number of nitrogens with two attached hydrogens (primary N) is 1. The Bertz CT molecular complexity index is 2280. The van der Waals surface area contributed by atoms with Crippen molar-refractivity contribution in [2.45, 2.75) is 214 Å². The summed E-state index contributed by atoms with van der Waals surface area (Å²) in [6, 6.07) is -1.29. The van der Waals surface area contributed by atoms with E-state index in [4.69, 9.17) is 43.6 Å². The molecule has 0 spiro atoms. The van der Waals surface area contributed by atoms with Crippen molar-refractivity contribution in [3.05, 3.63) is 0 Å². The zero-order valence-electron chi connectivity index (χ0n) is 55.3. The Kier molecular flexibility index (Phi) is 39.5. The average molecular weight is 1410 g/mol. The lowest BCUT2D eigenvalue weighted by atomic mass is 9.99. The smallest absolute Gasteiger partial charge is 0.237 e. The van der Waals surface area contributed by atoms with Crippen LogP contribution in [0.2, 0.25) is 0 Å². The molecule has 0 bridgehead atoms. The first-order valence-electron chi connectivity index (χ1n) is 33.1. The standard InChI is InChI=1S/C59H108N10O28/c1-32-43(77)47(81)51(85)56(94-32)90-23-19-65-41(75)29-69(30-42(76)66-20-24-91-57-52(86)48(82)44(78)33(2)95-57)35(55(89)67-21-25-92-58-53(87)49(83)45(79)34(3)96-58)12-7-11-17-63-40(74)28-68(27-39(73)62-16-10-5-8-14-60)26-38(72)61-15-9-4-6-13-37(71)64-18-22-93-59-54(88)50(84)46(80)36(31-70)97-59/h32-36,43-54,56-59,70,77-88H,4-31,60H2,1-3H3,(H,61,72)(H,62,73)(H,63,74)(H,64,71)(H,65,75)(H,66,76)(H,67,89)/t32-,33-,34-,35-,36+,43+,44+,45+,46+,47+,48+,49+,50-,51-,52-,53-,54+,56+,57+,58+,59-/m0/s1. The van der Waals surface area contributed by atoms with Gasteiger partial charge in [-0.05, 0) is 72.3 Å². The number of carbonyl (C=O) groups is 7. The van der Waals surface area contributed by atoms with E-state index in [-0.39, 0.29) is 110 Å². The highest BCUT2D eigenvalue weighted by molar-refractivity contribution is 5.86. The third kappa shape index (κ3) is 29.4. The number of carbonyl (C=O) groups excluding carboxylic acids is 7. The molecule has 0 saturated carbocycles. The van der Waals surface area contributed by atoms with Gasteiger partial charge in [0.1, 0.15) is 79.4 Å². The van der Waals surface area contributed by atoms with Gasteiger partial charge in [0, 0.05) is 52.2 Å². The maximum absolute atomic E-state index is 14.3. The van der Waals surface area contributed by atoms with Crippen LogP contribution in [0.15, 0.2) is 0 Å². The van der Waals surface area contributed by atoms with Gasteiger partial charge in [-0.1, -0.05) is 12.8 Å². The van der Waals surface area contributed by atoms with Crippen LogP contribution < -0.4 is 43.0 Å². The van der Waals surface area contributed by atoms with Gasteiger partial charge in [-0.3, -0.25) is 43.4 Å². The zero-order chi connectivity index (χ0) is 71.7. The second-order valence-corrected chi connectivity index (χ2v) is 24.3. The largest absolute Gasteiger partial charge is 0.394 e. The van der Waals surface area contributed by atoms with Crippen LogP contribution in [0.1, 0.15) is 85.0 Å². The van der Waals surface area contributed by atoms with Crippen molar-refractivity contribution in [2.75, 3.05) is 118 Å². The van der Waals surface area contributed by atoms with E-state index in [0.29, 0.717) is 38.8 Å². The van der Waals surface area contributed by atoms with E-state index < -0.39 is 191 Å². The zero-order valence-corrected chi connectivity index (χ0v) is 55.3. The summed E-state index contributed by atoms with van der Waals surface area (Å²) in [5.74, 6) is -3.98. The minimum Gasteiger partial charge on any atom is -0.394 e. The molecule has 38 nitrogen and oxygen atoms in total. The molecular formula is C59H108N10O28. The number of nitrogens with one attached hydrogen (secondary N) is 7. The molecule has 0 aliphatic carbocycles. The summed E-state index contributed by atoms with van der Waals surface area (Å²) in [6.07, 6.45) is -23.9. The highest BCUT2D eigenvalue weighted by atomic mass is 16.7. The fourth-order valence-electron chi connectivity index (χ4n) is 10.7. The van der Waals surface area contributed by atoms with Gasteiger partial charge in [-0.15, -0.1) is 0 Å². The summed E-state index contributed by atoms with van der Waals surface area (Å²) >= 11 is 0. The van der Waals surface area contributed by atoms with Crippen molar-refractivity contribution in [1.82, 2.24) is 47.0 Å². The van der Waals surface area contributed by atoms with Gasteiger partial charge in [0.15, 0.2) is 25.2 Å². The molecule has 4 heterocycles. The van der Waals surface area contributed by atoms with Crippen molar-refractivity contribution in [1.29, 1.82) is 0 Å². The molecule has 4 aliphatic rings. The highest BCUT2D eigenvalue weighted by Gasteiger charge is 2.46. The third-order valence-electron chi connectivity index (χ3n) is 16.4. The average Bonchev–Trinajstić information content (AvgIpc) is 0.906. The molecule has 4 saturated heterocycles. The lowest BCUT2D eigenvalue weighted by molar-refractivity contribution is -0.300. The Balaban J connectivity index is 1.37. The minimum atomic E-state index is -1.65. The van der Waals surface area contributed by atoms with Gasteiger partial charge in [0.05, 0.1) is 90.1 Å². The van der Waals surface area contributed by atoms with E-state index in [0.717, 1.165) is 12.8 Å². The number of aliphatic hydroxyl groups excluding tert-OH is 13. The predicted molar refractivity (Wildman–Crippen MR) is 333 cm³/mol. The molecule has 38 heteroatoms. The third-order valence-corrected chi connectivity index (χ3v) is 16.4. The first-order valence-corrected chi connectivity index (χ1v) is 33.1. The van der Waals surface area contributed by atoms with Crippen LogP contribution in [-0.2, 0) is 71.5 Å². The second kappa shape index (κ2) is 45.3. The highest BCUT2D eigenvalue weighted by Crippen LogP contribution is 2.25. The first kappa shape index (κ1) is 84.7. The van der Waals surface area contributed by atoms with Crippen LogP contribution in [0.25, 0.3) is 0 Å². The van der Waals surface area contributed by atoms with Gasteiger partial charge in [0.25, 0.3) is 0 Å². The fourth-order valence-corrected chi connectivity index (χ4v) is 10.7. The van der Waals surface area contributed by atoms with E-state index >= 15 is 0 Å². The topological polar surface area (TPSA) is 573 Å². The summed E-state index contributed by atoms with van der Waals surface area (Å²) in [6.45, 7) is 0.912. The Morgan fingerprint density at radius 2 is 0.711 bits per heavy atom. The van der Waals surface area contributed by atoms with E-state index in [1.54, 1.807) is 0 Å². The number of nitrogens with zero attached hydrogens (tertiary/aromatic N) is 2. The van der Waals surface area contributed by atoms with Gasteiger partial charge in [-0.25, -0.2) is 0 Å². The number of unbranched alkanes of at least 4 members (excludes halogenated alkanes) is 5. The predicted octanol–water partition coefficient (Wildman–Crippen LogP) is -11.0. The maximum atomic E-state index is 14.3. The molecule has 4 aliphatic heterocycles. The van der Waals surface area contributed by atoms with Crippen LogP contribution >= 0.6 is 0 Å². The Morgan fingerprint density at radius 1 is 0.381 bits per heavy atom. The lowest BCUT2D eigenvalue weighted by Crippen LogP contribution is -2.59. The number of hydrogen-bond acceptors (Lipinski definition) is 31. The van der Waals surface area contributed by atoms with Gasteiger partial charge in [-0.2, -0.15) is 0 Å². The molecule has 4 fully saturated rings. The summed E-state index contributed by atoms with van der Waals surface area (Å²) < 4.78 is 43.7. The van der Waals surface area contributed by atoms with Crippen LogP contribution in [0.4, 0.5) is 0 Å². The van der Waals surface area contributed by atoms with Crippen LogP contribution in [0.5, 0.6) is 0 Å². The SMILES string of the molecule is C[C@@H]1O[C@@H](OCCNC(=O)CN(CC(=O)NCCO[C@@H]2O[C@@H](C)[C@@H](O)[C@@H](O)[C@@H]2O)[C@@H](CCCCNC(=O)CN(CC(=O)NCCCCCN)CC(=O)NCCCCCC(=O)NCCO[C@H]2O[C@H](CO)[C@@H](O)[C@H](O)[C@H]2O)C(=O)NCCO[C@@H]2O[C@@H](C)[C@@H](O)[C@@H](O)[C@@H]2O)[C@@H](O)[C@H](O)[C@@H]1O. The first-order chi connectivity index (χ1) is 46.2. The Morgan fingerprint density at radius 3 is 1.10 bits per heavy atom. The summed E-state index contributed by atoms with van der Waals surface area (Å²) in [4.78, 5) is 96.6. The summed E-state index contributed by atoms with van der Waals surface area (Å²) in [7, 11) is 0. The lowest BCUT2D eigenvalue weighted by Gasteiger charge is -2.39. The second-order valence-electron chi connectivity index (χ2n) is 24.3. The number of aliphatic hydroxyl groups is 13. The van der Waals surface area contributed by atoms with E-state index in [9.17, 15) is 99.9 Å². The quantitative estimate of drug-likeness (QED) is 0.0252. The van der Waals surface area contributed by atoms with E-state index in [1.807, 2.05) is 0 Å². The maximum Gasteiger partial charge on any atom is 0.237 e.